The van der Waals surface area contributed by atoms with Crippen molar-refractivity contribution in [2.45, 2.75) is 37.8 Å². The molecule has 0 saturated heterocycles. The first-order chi connectivity index (χ1) is 18.0. The van der Waals surface area contributed by atoms with Gasteiger partial charge < -0.3 is 25.6 Å². The molecule has 1 fully saturated rings. The lowest BCUT2D eigenvalue weighted by molar-refractivity contribution is 0.243. The van der Waals surface area contributed by atoms with E-state index in [1.165, 1.54) is 0 Å². The van der Waals surface area contributed by atoms with Crippen LogP contribution in [0.1, 0.15) is 25.7 Å². The fourth-order valence-electron chi connectivity index (χ4n) is 4.78. The number of amides is 2. The van der Waals surface area contributed by atoms with Crippen LogP contribution in [0.3, 0.4) is 0 Å². The molecule has 1 aliphatic carbocycles. The number of carbonyl (C=O) groups excluding carboxylic acids is 1. The predicted molar refractivity (Wildman–Crippen MR) is 151 cm³/mol. The molecule has 4 aromatic rings. The Labute approximate surface area is 217 Å². The van der Waals surface area contributed by atoms with Gasteiger partial charge in [-0.3, -0.25) is 0 Å². The number of benzene rings is 3. The molecule has 3 N–H and O–H groups in total. The summed E-state index contributed by atoms with van der Waals surface area (Å²) in [5.74, 6) is 2.40. The molecular weight excluding hydrogens is 462 g/mol. The van der Waals surface area contributed by atoms with Gasteiger partial charge in [0.1, 0.15) is 17.3 Å². The third-order valence-electron chi connectivity index (χ3n) is 6.68. The molecular formula is C30H33N5O2. The van der Waals surface area contributed by atoms with E-state index < -0.39 is 0 Å². The lowest BCUT2D eigenvalue weighted by atomic mass is 9.91. The monoisotopic (exact) mass is 495 g/mol. The van der Waals surface area contributed by atoms with Crippen molar-refractivity contribution in [3.05, 3.63) is 84.9 Å². The zero-order chi connectivity index (χ0) is 25.6. The van der Waals surface area contributed by atoms with Crippen molar-refractivity contribution >= 4 is 34.1 Å². The summed E-state index contributed by atoms with van der Waals surface area (Å²) in [7, 11) is 4.11. The van der Waals surface area contributed by atoms with Crippen LogP contribution in [0.5, 0.6) is 11.5 Å². The van der Waals surface area contributed by atoms with E-state index in [0.717, 1.165) is 65.3 Å². The fourth-order valence-corrected chi connectivity index (χ4v) is 4.78. The van der Waals surface area contributed by atoms with Crippen LogP contribution in [-0.4, -0.2) is 37.2 Å². The summed E-state index contributed by atoms with van der Waals surface area (Å²) in [6, 6.07) is 27.7. The van der Waals surface area contributed by atoms with E-state index in [2.05, 4.69) is 53.1 Å². The van der Waals surface area contributed by atoms with E-state index in [-0.39, 0.29) is 12.1 Å². The third kappa shape index (κ3) is 6.30. The number of urea groups is 1. The SMILES string of the molecule is CN(C)c1cc(NC2CCC(NC(=O)Nc3ccc(Oc4ccccc4)cc3)CC2)nc2ccccc12. The molecule has 0 radical (unpaired) electrons. The average Bonchev–Trinajstić information content (AvgIpc) is 2.91. The number of fused-ring (bicyclic) bond motifs is 1. The highest BCUT2D eigenvalue weighted by Crippen LogP contribution is 2.29. The van der Waals surface area contributed by atoms with Gasteiger partial charge in [0, 0.05) is 49.0 Å². The second-order valence-corrected chi connectivity index (χ2v) is 9.67. The first kappa shape index (κ1) is 24.4. The lowest BCUT2D eigenvalue weighted by Gasteiger charge is -2.30. The van der Waals surface area contributed by atoms with E-state index in [1.54, 1.807) is 0 Å². The summed E-state index contributed by atoms with van der Waals surface area (Å²) in [4.78, 5) is 19.5. The lowest BCUT2D eigenvalue weighted by Crippen LogP contribution is -2.42. The number of ether oxygens (including phenoxy) is 1. The topological polar surface area (TPSA) is 78.5 Å². The fraction of sp³-hybridized carbons (Fsp3) is 0.267. The highest BCUT2D eigenvalue weighted by molar-refractivity contribution is 5.93. The third-order valence-corrected chi connectivity index (χ3v) is 6.68. The van der Waals surface area contributed by atoms with Gasteiger partial charge in [-0.05, 0) is 68.1 Å². The van der Waals surface area contributed by atoms with Crippen molar-refractivity contribution in [1.29, 1.82) is 0 Å². The van der Waals surface area contributed by atoms with Gasteiger partial charge in [-0.1, -0.05) is 36.4 Å². The van der Waals surface area contributed by atoms with Gasteiger partial charge in [-0.2, -0.15) is 0 Å². The van der Waals surface area contributed by atoms with Gasteiger partial charge in [-0.25, -0.2) is 9.78 Å². The molecule has 0 unspecified atom stereocenters. The average molecular weight is 496 g/mol. The Hall–Kier alpha value is -4.26. The van der Waals surface area contributed by atoms with Gasteiger partial charge in [0.2, 0.25) is 0 Å². The van der Waals surface area contributed by atoms with Crippen LogP contribution in [0, 0.1) is 0 Å². The van der Waals surface area contributed by atoms with Crippen LogP contribution in [0.4, 0.5) is 22.0 Å². The minimum atomic E-state index is -0.181. The van der Waals surface area contributed by atoms with E-state index in [9.17, 15) is 4.79 Å². The molecule has 0 bridgehead atoms. The molecule has 1 aromatic heterocycles. The molecule has 7 heteroatoms. The Morgan fingerprint density at radius 2 is 1.49 bits per heavy atom. The molecule has 37 heavy (non-hydrogen) atoms. The Morgan fingerprint density at radius 1 is 0.838 bits per heavy atom. The van der Waals surface area contributed by atoms with Crippen molar-refractivity contribution in [3.63, 3.8) is 0 Å². The maximum Gasteiger partial charge on any atom is 0.319 e. The normalized spacial score (nSPS) is 17.1. The van der Waals surface area contributed by atoms with Gasteiger partial charge in [0.25, 0.3) is 0 Å². The number of nitrogens with zero attached hydrogens (tertiary/aromatic N) is 2. The van der Waals surface area contributed by atoms with Crippen LogP contribution in [0.15, 0.2) is 84.9 Å². The van der Waals surface area contributed by atoms with Crippen molar-refractivity contribution in [3.8, 4) is 11.5 Å². The highest BCUT2D eigenvalue weighted by Gasteiger charge is 2.23. The number of hydrogen-bond acceptors (Lipinski definition) is 5. The van der Waals surface area contributed by atoms with Crippen LogP contribution >= 0.6 is 0 Å². The molecule has 190 valence electrons. The quantitative estimate of drug-likeness (QED) is 0.268. The van der Waals surface area contributed by atoms with E-state index in [0.29, 0.717) is 6.04 Å². The summed E-state index contributed by atoms with van der Waals surface area (Å²) in [6.45, 7) is 0. The van der Waals surface area contributed by atoms with Crippen molar-refractivity contribution < 1.29 is 9.53 Å². The maximum absolute atomic E-state index is 12.6. The standard InChI is InChI=1S/C30H33N5O2/c1-35(2)28-20-29(34-27-11-7-6-10-26(27)28)31-21-12-14-22(15-13-21)32-30(36)33-23-16-18-25(19-17-23)37-24-8-4-3-5-9-24/h3-11,16-22H,12-15H2,1-2H3,(H,31,34)(H2,32,33,36). The minimum absolute atomic E-state index is 0.153. The molecule has 0 aliphatic heterocycles. The summed E-state index contributed by atoms with van der Waals surface area (Å²) in [5, 5.41) is 10.8. The minimum Gasteiger partial charge on any atom is -0.457 e. The van der Waals surface area contributed by atoms with Crippen LogP contribution in [-0.2, 0) is 0 Å². The summed E-state index contributed by atoms with van der Waals surface area (Å²) >= 11 is 0. The summed E-state index contributed by atoms with van der Waals surface area (Å²) in [6.07, 6.45) is 3.79. The second-order valence-electron chi connectivity index (χ2n) is 9.67. The number of rotatable bonds is 7. The largest absolute Gasteiger partial charge is 0.457 e. The number of aromatic nitrogens is 1. The van der Waals surface area contributed by atoms with Gasteiger partial charge >= 0.3 is 6.03 Å². The maximum atomic E-state index is 12.6. The zero-order valence-electron chi connectivity index (χ0n) is 21.3. The molecule has 1 aliphatic rings. The van der Waals surface area contributed by atoms with Gasteiger partial charge in [0.15, 0.2) is 0 Å². The molecule has 7 nitrogen and oxygen atoms in total. The van der Waals surface area contributed by atoms with Gasteiger partial charge in [-0.15, -0.1) is 0 Å². The Bertz CT molecular complexity index is 1330. The van der Waals surface area contributed by atoms with E-state index in [1.807, 2.05) is 66.7 Å². The molecule has 3 aromatic carbocycles. The molecule has 0 spiro atoms. The Morgan fingerprint density at radius 3 is 2.22 bits per heavy atom. The molecule has 5 rings (SSSR count). The number of para-hydroxylation sites is 2. The van der Waals surface area contributed by atoms with E-state index >= 15 is 0 Å². The number of nitrogens with one attached hydrogen (secondary N) is 3. The smallest absolute Gasteiger partial charge is 0.319 e. The second kappa shape index (κ2) is 11.2. The molecule has 1 heterocycles. The van der Waals surface area contributed by atoms with Crippen molar-refractivity contribution in [2.75, 3.05) is 29.6 Å². The Balaban J connectivity index is 1.10. The highest BCUT2D eigenvalue weighted by atomic mass is 16.5. The van der Waals surface area contributed by atoms with Crippen LogP contribution in [0.25, 0.3) is 10.9 Å². The first-order valence-electron chi connectivity index (χ1n) is 12.8. The Kier molecular flexibility index (Phi) is 7.40. The van der Waals surface area contributed by atoms with E-state index in [4.69, 9.17) is 9.72 Å². The summed E-state index contributed by atoms with van der Waals surface area (Å²) in [5.41, 5.74) is 2.87. The number of carbonyl (C=O) groups is 1. The predicted octanol–water partition coefficient (Wildman–Crippen LogP) is 6.64. The van der Waals surface area contributed by atoms with Gasteiger partial charge in [0.05, 0.1) is 5.52 Å². The number of pyridine rings is 1. The molecule has 0 atom stereocenters. The molecule has 1 saturated carbocycles. The van der Waals surface area contributed by atoms with Crippen LogP contribution < -0.4 is 25.6 Å². The number of hydrogen-bond donors (Lipinski definition) is 3. The molecule has 2 amide bonds. The zero-order valence-corrected chi connectivity index (χ0v) is 21.3. The van der Waals surface area contributed by atoms with Crippen LogP contribution in [0.2, 0.25) is 0 Å². The first-order valence-corrected chi connectivity index (χ1v) is 12.8. The van der Waals surface area contributed by atoms with Crippen molar-refractivity contribution in [1.82, 2.24) is 10.3 Å². The summed E-state index contributed by atoms with van der Waals surface area (Å²) < 4.78 is 5.81. The van der Waals surface area contributed by atoms with Crippen molar-refractivity contribution in [2.24, 2.45) is 0 Å². The number of anilines is 3.